The highest BCUT2D eigenvalue weighted by Crippen LogP contribution is 2.11. The average Bonchev–Trinajstić information content (AvgIpc) is 2.30. The molecule has 0 saturated carbocycles. The standard InChI is InChI=1S/C12H18O2.C2H4/c1-10(2)9-13-11(3)14-12-7-5-4-6-8-12;1-2/h4-8,10-11H,9H2,1-3H3;1-2H2. The molecule has 1 rings (SSSR count). The summed E-state index contributed by atoms with van der Waals surface area (Å²) in [6.07, 6.45) is -0.181. The fourth-order valence-electron chi connectivity index (χ4n) is 1.05. The number of hydrogen-bond donors (Lipinski definition) is 0. The van der Waals surface area contributed by atoms with Gasteiger partial charge in [-0.05, 0) is 25.0 Å². The maximum absolute atomic E-state index is 5.54. The Balaban J connectivity index is 0.00000106. The van der Waals surface area contributed by atoms with Crippen molar-refractivity contribution < 1.29 is 9.47 Å². The number of rotatable bonds is 5. The van der Waals surface area contributed by atoms with Gasteiger partial charge in [-0.2, -0.15) is 0 Å². The van der Waals surface area contributed by atoms with E-state index in [0.717, 1.165) is 12.4 Å². The highest BCUT2D eigenvalue weighted by atomic mass is 16.7. The zero-order valence-electron chi connectivity index (χ0n) is 10.5. The van der Waals surface area contributed by atoms with E-state index in [1.165, 1.54) is 0 Å². The van der Waals surface area contributed by atoms with Crippen LogP contribution in [0.1, 0.15) is 20.8 Å². The average molecular weight is 222 g/mol. The Morgan fingerprint density at radius 1 is 1.06 bits per heavy atom. The highest BCUT2D eigenvalue weighted by Gasteiger charge is 2.04. The lowest BCUT2D eigenvalue weighted by Crippen LogP contribution is -2.18. The molecule has 0 aliphatic carbocycles. The Hall–Kier alpha value is -1.28. The van der Waals surface area contributed by atoms with Crippen LogP contribution in [0.25, 0.3) is 0 Å². The molecule has 0 aliphatic rings. The van der Waals surface area contributed by atoms with Crippen molar-refractivity contribution in [3.05, 3.63) is 43.5 Å². The van der Waals surface area contributed by atoms with Crippen LogP contribution in [0.3, 0.4) is 0 Å². The molecule has 0 bridgehead atoms. The summed E-state index contributed by atoms with van der Waals surface area (Å²) in [6.45, 7) is 12.9. The van der Waals surface area contributed by atoms with E-state index < -0.39 is 0 Å². The lowest BCUT2D eigenvalue weighted by Gasteiger charge is -2.16. The molecule has 1 aromatic carbocycles. The van der Waals surface area contributed by atoms with Crippen LogP contribution in [-0.4, -0.2) is 12.9 Å². The Kier molecular flexibility index (Phi) is 8.26. The third-order valence-corrected chi connectivity index (χ3v) is 1.71. The third kappa shape index (κ3) is 7.07. The molecule has 0 saturated heterocycles. The molecular weight excluding hydrogens is 200 g/mol. The highest BCUT2D eigenvalue weighted by molar-refractivity contribution is 5.20. The lowest BCUT2D eigenvalue weighted by molar-refractivity contribution is -0.0755. The number of para-hydroxylation sites is 1. The molecule has 1 unspecified atom stereocenters. The number of hydrogen-bond acceptors (Lipinski definition) is 2. The van der Waals surface area contributed by atoms with Crippen molar-refractivity contribution in [1.29, 1.82) is 0 Å². The molecule has 1 aromatic rings. The zero-order valence-corrected chi connectivity index (χ0v) is 10.5. The van der Waals surface area contributed by atoms with Crippen LogP contribution >= 0.6 is 0 Å². The molecule has 0 aliphatic heterocycles. The van der Waals surface area contributed by atoms with Gasteiger partial charge < -0.3 is 9.47 Å². The molecule has 0 amide bonds. The van der Waals surface area contributed by atoms with Crippen molar-refractivity contribution >= 4 is 0 Å². The first kappa shape index (κ1) is 14.7. The first-order valence-corrected chi connectivity index (χ1v) is 5.52. The fourth-order valence-corrected chi connectivity index (χ4v) is 1.05. The van der Waals surface area contributed by atoms with Gasteiger partial charge in [-0.25, -0.2) is 0 Å². The molecule has 0 fully saturated rings. The van der Waals surface area contributed by atoms with Gasteiger partial charge in [-0.1, -0.05) is 32.0 Å². The Morgan fingerprint density at radius 2 is 1.62 bits per heavy atom. The van der Waals surface area contributed by atoms with Gasteiger partial charge in [0, 0.05) is 0 Å². The van der Waals surface area contributed by atoms with Gasteiger partial charge in [-0.3, -0.25) is 0 Å². The maximum Gasteiger partial charge on any atom is 0.196 e. The summed E-state index contributed by atoms with van der Waals surface area (Å²) in [7, 11) is 0. The summed E-state index contributed by atoms with van der Waals surface area (Å²) in [4.78, 5) is 0. The first-order valence-electron chi connectivity index (χ1n) is 5.52. The van der Waals surface area contributed by atoms with Crippen molar-refractivity contribution in [3.63, 3.8) is 0 Å². The quantitative estimate of drug-likeness (QED) is 0.556. The second-order valence-corrected chi connectivity index (χ2v) is 3.73. The number of benzene rings is 1. The molecule has 0 radical (unpaired) electrons. The van der Waals surface area contributed by atoms with Gasteiger partial charge in [0.2, 0.25) is 0 Å². The van der Waals surface area contributed by atoms with Crippen LogP contribution in [0, 0.1) is 5.92 Å². The topological polar surface area (TPSA) is 18.5 Å². The minimum atomic E-state index is -0.181. The van der Waals surface area contributed by atoms with Crippen LogP contribution in [-0.2, 0) is 4.74 Å². The Bertz CT molecular complexity index is 257. The largest absolute Gasteiger partial charge is 0.465 e. The van der Waals surface area contributed by atoms with Crippen LogP contribution in [0.5, 0.6) is 5.75 Å². The van der Waals surface area contributed by atoms with Crippen molar-refractivity contribution in [2.75, 3.05) is 6.61 Å². The summed E-state index contributed by atoms with van der Waals surface area (Å²) < 4.78 is 11.0. The molecular formula is C14H22O2. The molecule has 0 heterocycles. The minimum Gasteiger partial charge on any atom is -0.465 e. The predicted octanol–water partition coefficient (Wildman–Crippen LogP) is 3.89. The van der Waals surface area contributed by atoms with Crippen LogP contribution in [0.15, 0.2) is 43.5 Å². The summed E-state index contributed by atoms with van der Waals surface area (Å²) in [5.74, 6) is 1.39. The predicted molar refractivity (Wildman–Crippen MR) is 68.6 cm³/mol. The van der Waals surface area contributed by atoms with E-state index in [2.05, 4.69) is 27.0 Å². The Morgan fingerprint density at radius 3 is 2.12 bits per heavy atom. The summed E-state index contributed by atoms with van der Waals surface area (Å²) in [5.41, 5.74) is 0. The molecule has 0 N–H and O–H groups in total. The Labute approximate surface area is 98.9 Å². The van der Waals surface area contributed by atoms with Crippen molar-refractivity contribution in [3.8, 4) is 5.75 Å². The zero-order chi connectivity index (χ0) is 12.4. The summed E-state index contributed by atoms with van der Waals surface area (Å²) >= 11 is 0. The molecule has 2 nitrogen and oxygen atoms in total. The number of ether oxygens (including phenoxy) is 2. The van der Waals surface area contributed by atoms with E-state index in [-0.39, 0.29) is 6.29 Å². The molecule has 2 heteroatoms. The van der Waals surface area contributed by atoms with Gasteiger partial charge >= 0.3 is 0 Å². The van der Waals surface area contributed by atoms with Crippen molar-refractivity contribution in [2.45, 2.75) is 27.1 Å². The monoisotopic (exact) mass is 222 g/mol. The van der Waals surface area contributed by atoms with Gasteiger partial charge in [0.15, 0.2) is 6.29 Å². The smallest absolute Gasteiger partial charge is 0.196 e. The molecule has 1 atom stereocenters. The second kappa shape index (κ2) is 8.98. The normalized spacial score (nSPS) is 11.5. The van der Waals surface area contributed by atoms with E-state index in [4.69, 9.17) is 9.47 Å². The van der Waals surface area contributed by atoms with Crippen molar-refractivity contribution in [1.82, 2.24) is 0 Å². The van der Waals surface area contributed by atoms with Crippen LogP contribution < -0.4 is 4.74 Å². The molecule has 16 heavy (non-hydrogen) atoms. The van der Waals surface area contributed by atoms with Crippen LogP contribution in [0.4, 0.5) is 0 Å². The van der Waals surface area contributed by atoms with Crippen molar-refractivity contribution in [2.24, 2.45) is 5.92 Å². The van der Waals surface area contributed by atoms with E-state index >= 15 is 0 Å². The first-order chi connectivity index (χ1) is 7.68. The SMILES string of the molecule is C=C.CC(C)COC(C)Oc1ccccc1. The van der Waals surface area contributed by atoms with Crippen LogP contribution in [0.2, 0.25) is 0 Å². The van der Waals surface area contributed by atoms with E-state index in [1.807, 2.05) is 37.3 Å². The third-order valence-electron chi connectivity index (χ3n) is 1.71. The molecule has 90 valence electrons. The minimum absolute atomic E-state index is 0.181. The van der Waals surface area contributed by atoms with Gasteiger partial charge in [-0.15, -0.1) is 13.2 Å². The van der Waals surface area contributed by atoms with Gasteiger partial charge in [0.05, 0.1) is 6.61 Å². The maximum atomic E-state index is 5.54. The summed E-state index contributed by atoms with van der Waals surface area (Å²) in [5, 5.41) is 0. The summed E-state index contributed by atoms with van der Waals surface area (Å²) in [6, 6.07) is 9.71. The fraction of sp³-hybridized carbons (Fsp3) is 0.429. The van der Waals surface area contributed by atoms with Gasteiger partial charge in [0.25, 0.3) is 0 Å². The van der Waals surface area contributed by atoms with E-state index in [1.54, 1.807) is 0 Å². The lowest BCUT2D eigenvalue weighted by atomic mass is 10.2. The second-order valence-electron chi connectivity index (χ2n) is 3.73. The van der Waals surface area contributed by atoms with Gasteiger partial charge in [0.1, 0.15) is 5.75 Å². The molecule has 0 aromatic heterocycles. The van der Waals surface area contributed by atoms with E-state index in [0.29, 0.717) is 5.92 Å². The van der Waals surface area contributed by atoms with E-state index in [9.17, 15) is 0 Å². The molecule has 0 spiro atoms.